The molecule has 4 aromatic rings. The molecule has 2 aromatic carbocycles. The molecule has 3 heterocycles. The smallest absolute Gasteiger partial charge is 0.226 e. The summed E-state index contributed by atoms with van der Waals surface area (Å²) in [7, 11) is 0. The highest BCUT2D eigenvalue weighted by atomic mass is 35.5. The molecule has 2 aromatic heterocycles. The van der Waals surface area contributed by atoms with Gasteiger partial charge in [0.15, 0.2) is 5.82 Å². The second-order valence-electron chi connectivity index (χ2n) is 12.4. The molecule has 0 radical (unpaired) electrons. The van der Waals surface area contributed by atoms with E-state index in [0.29, 0.717) is 46.0 Å². The van der Waals surface area contributed by atoms with E-state index in [1.54, 1.807) is 18.2 Å². The number of hydrogen-bond acceptors (Lipinski definition) is 4. The first kappa shape index (κ1) is 28.6. The van der Waals surface area contributed by atoms with E-state index >= 15 is 4.39 Å². The molecule has 0 bridgehead atoms. The zero-order valence-electron chi connectivity index (χ0n) is 24.2. The van der Waals surface area contributed by atoms with Crippen LogP contribution < -0.4 is 5.73 Å². The highest BCUT2D eigenvalue weighted by molar-refractivity contribution is 6.43. The van der Waals surface area contributed by atoms with Gasteiger partial charge in [-0.3, -0.25) is 4.79 Å². The molecule has 3 atom stereocenters. The van der Waals surface area contributed by atoms with Gasteiger partial charge in [0.2, 0.25) is 5.91 Å². The van der Waals surface area contributed by atoms with Gasteiger partial charge in [-0.2, -0.15) is 5.26 Å². The Morgan fingerprint density at radius 2 is 1.98 bits per heavy atom. The lowest BCUT2D eigenvalue weighted by Gasteiger charge is -2.40. The number of aromatic nitrogens is 2. The molecule has 2 aliphatic carbocycles. The van der Waals surface area contributed by atoms with Gasteiger partial charge in [0.25, 0.3) is 0 Å². The minimum atomic E-state index is -0.468. The summed E-state index contributed by atoms with van der Waals surface area (Å²) in [6.45, 7) is 3.26. The number of aryl methyl sites for hydroxylation is 2. The van der Waals surface area contributed by atoms with E-state index in [1.807, 2.05) is 13.0 Å². The number of rotatable bonds is 7. The molecule has 1 saturated heterocycles. The molecule has 6 nitrogen and oxygen atoms in total. The average molecular weight is 619 g/mol. The Kier molecular flexibility index (Phi) is 7.36. The Morgan fingerprint density at radius 3 is 2.67 bits per heavy atom. The van der Waals surface area contributed by atoms with Crippen molar-refractivity contribution in [3.8, 4) is 17.2 Å². The molecule has 1 amide bonds. The van der Waals surface area contributed by atoms with Crippen molar-refractivity contribution in [1.29, 1.82) is 5.26 Å². The van der Waals surface area contributed by atoms with Crippen LogP contribution in [0.1, 0.15) is 74.0 Å². The van der Waals surface area contributed by atoms with Gasteiger partial charge >= 0.3 is 0 Å². The van der Waals surface area contributed by atoms with Crippen molar-refractivity contribution < 1.29 is 9.18 Å². The molecular formula is C34H34Cl2FN5O. The first-order valence-corrected chi connectivity index (χ1v) is 16.1. The van der Waals surface area contributed by atoms with E-state index in [2.05, 4.69) is 21.6 Å². The second kappa shape index (κ2) is 11.1. The lowest BCUT2D eigenvalue weighted by molar-refractivity contribution is -0.133. The molecule has 3 fully saturated rings. The number of halogens is 3. The van der Waals surface area contributed by atoms with Gasteiger partial charge in [0.05, 0.1) is 27.7 Å². The van der Waals surface area contributed by atoms with Gasteiger partial charge < -0.3 is 15.2 Å². The van der Waals surface area contributed by atoms with Crippen molar-refractivity contribution >= 4 is 50.9 Å². The number of benzene rings is 2. The summed E-state index contributed by atoms with van der Waals surface area (Å²) >= 11 is 13.0. The zero-order chi connectivity index (χ0) is 30.0. The van der Waals surface area contributed by atoms with E-state index in [-0.39, 0.29) is 40.9 Å². The van der Waals surface area contributed by atoms with Crippen molar-refractivity contribution in [2.45, 2.75) is 70.4 Å². The van der Waals surface area contributed by atoms with E-state index in [1.165, 1.54) is 0 Å². The SMILES string of the molecule is Cc1nc2c(F)c(-c3cccc(Cl)c3Cl)c(CCC#N)cc2c2c1cc(C1CCCN1C(=O)C1CC1)n2C1CC[C@@H]1CN. The van der Waals surface area contributed by atoms with Crippen LogP contribution in [0.2, 0.25) is 10.0 Å². The van der Waals surface area contributed by atoms with Gasteiger partial charge in [0, 0.05) is 58.2 Å². The molecule has 1 aliphatic heterocycles. The lowest BCUT2D eigenvalue weighted by atomic mass is 9.79. The van der Waals surface area contributed by atoms with Gasteiger partial charge in [-0.05, 0) is 88.1 Å². The number of nitrogens with two attached hydrogens (primary N) is 1. The van der Waals surface area contributed by atoms with Crippen LogP contribution in [-0.2, 0) is 11.2 Å². The quantitative estimate of drug-likeness (QED) is 0.227. The molecule has 9 heteroatoms. The van der Waals surface area contributed by atoms with Crippen LogP contribution in [0.15, 0.2) is 30.3 Å². The van der Waals surface area contributed by atoms with Crippen molar-refractivity contribution in [2.24, 2.45) is 17.6 Å². The fraction of sp³-hybridized carbons (Fsp3) is 0.441. The minimum Gasteiger partial charge on any atom is -0.339 e. The van der Waals surface area contributed by atoms with Crippen LogP contribution in [0, 0.1) is 35.9 Å². The number of amides is 1. The zero-order valence-corrected chi connectivity index (χ0v) is 25.7. The summed E-state index contributed by atoms with van der Waals surface area (Å²) in [6.07, 6.45) is 6.40. The van der Waals surface area contributed by atoms with E-state index in [4.69, 9.17) is 33.9 Å². The predicted octanol–water partition coefficient (Wildman–Crippen LogP) is 8.05. The van der Waals surface area contributed by atoms with Crippen molar-refractivity contribution in [2.75, 3.05) is 13.1 Å². The van der Waals surface area contributed by atoms with Crippen LogP contribution in [0.4, 0.5) is 4.39 Å². The monoisotopic (exact) mass is 617 g/mol. The van der Waals surface area contributed by atoms with E-state index in [0.717, 1.165) is 67.4 Å². The average Bonchev–Trinajstić information content (AvgIpc) is 3.59. The van der Waals surface area contributed by atoms with Gasteiger partial charge in [-0.1, -0.05) is 35.3 Å². The summed E-state index contributed by atoms with van der Waals surface area (Å²) in [4.78, 5) is 20.3. The Bertz CT molecular complexity index is 1820. The Morgan fingerprint density at radius 1 is 1.16 bits per heavy atom. The van der Waals surface area contributed by atoms with Crippen LogP contribution in [0.5, 0.6) is 0 Å². The molecular weight excluding hydrogens is 584 g/mol. The molecule has 43 heavy (non-hydrogen) atoms. The highest BCUT2D eigenvalue weighted by Crippen LogP contribution is 2.49. The summed E-state index contributed by atoms with van der Waals surface area (Å²) in [5.41, 5.74) is 10.8. The number of fused-ring (bicyclic) bond motifs is 3. The van der Waals surface area contributed by atoms with Crippen LogP contribution >= 0.6 is 23.2 Å². The largest absolute Gasteiger partial charge is 0.339 e. The molecule has 2 saturated carbocycles. The van der Waals surface area contributed by atoms with Gasteiger partial charge in [-0.15, -0.1) is 0 Å². The number of pyridine rings is 1. The number of likely N-dealkylation sites (tertiary alicyclic amines) is 1. The molecule has 3 aliphatic rings. The number of nitrogens with zero attached hydrogens (tertiary/aromatic N) is 4. The second-order valence-corrected chi connectivity index (χ2v) is 13.2. The minimum absolute atomic E-state index is 0.0265. The molecule has 2 N–H and O–H groups in total. The molecule has 7 rings (SSSR count). The summed E-state index contributed by atoms with van der Waals surface area (Å²) in [5, 5.41) is 11.8. The number of hydrogen-bond donors (Lipinski definition) is 1. The van der Waals surface area contributed by atoms with Crippen molar-refractivity contribution in [1.82, 2.24) is 14.5 Å². The summed E-state index contributed by atoms with van der Waals surface area (Å²) < 4.78 is 19.3. The van der Waals surface area contributed by atoms with E-state index in [9.17, 15) is 10.1 Å². The number of carbonyl (C=O) groups is 1. The Hall–Kier alpha value is -3.18. The third kappa shape index (κ3) is 4.61. The summed E-state index contributed by atoms with van der Waals surface area (Å²) in [5.74, 6) is 0.246. The number of nitriles is 1. The van der Waals surface area contributed by atoms with Crippen LogP contribution in [0.3, 0.4) is 0 Å². The normalized spacial score (nSPS) is 21.9. The Balaban J connectivity index is 1.52. The molecule has 0 spiro atoms. The Labute approximate surface area is 260 Å². The van der Waals surface area contributed by atoms with E-state index < -0.39 is 5.82 Å². The maximum Gasteiger partial charge on any atom is 0.226 e. The third-order valence-electron chi connectivity index (χ3n) is 9.86. The predicted molar refractivity (Wildman–Crippen MR) is 169 cm³/mol. The van der Waals surface area contributed by atoms with Crippen LogP contribution in [0.25, 0.3) is 32.9 Å². The fourth-order valence-corrected chi connectivity index (χ4v) is 7.76. The molecule has 222 valence electrons. The standard InChI is InChI=1S/C34H34Cl2FN5O/c1-18-23-16-28(27-8-4-14-41(27)34(43)19-9-10-19)42(26-12-11-21(26)17-39)33(23)24-15-20(5-3-13-38)29(31(37)32(24)40-18)22-6-2-7-25(35)30(22)36/h2,6-7,15-16,19,21,26-27H,3-5,8-12,14,17,39H2,1H3/t21-,26?,27?/m1/s1. The van der Waals surface area contributed by atoms with Crippen molar-refractivity contribution in [3.05, 3.63) is 63.1 Å². The maximum absolute atomic E-state index is 16.9. The maximum atomic E-state index is 16.9. The topological polar surface area (TPSA) is 87.9 Å². The molecule has 2 unspecified atom stereocenters. The lowest BCUT2D eigenvalue weighted by Crippen LogP contribution is -2.37. The van der Waals surface area contributed by atoms with Crippen molar-refractivity contribution in [3.63, 3.8) is 0 Å². The fourth-order valence-electron chi connectivity index (χ4n) is 7.36. The first-order valence-electron chi connectivity index (χ1n) is 15.3. The third-order valence-corrected chi connectivity index (χ3v) is 10.7. The highest BCUT2D eigenvalue weighted by Gasteiger charge is 2.42. The van der Waals surface area contributed by atoms with Crippen LogP contribution in [-0.4, -0.2) is 33.4 Å². The first-order chi connectivity index (χ1) is 20.8. The van der Waals surface area contributed by atoms with Gasteiger partial charge in [-0.25, -0.2) is 9.37 Å². The number of carbonyl (C=O) groups excluding carboxylic acids is 1. The summed E-state index contributed by atoms with van der Waals surface area (Å²) in [6, 6.07) is 11.7. The van der Waals surface area contributed by atoms with Gasteiger partial charge in [0.1, 0.15) is 5.52 Å².